The van der Waals surface area contributed by atoms with Gasteiger partial charge in [0.25, 0.3) is 5.56 Å². The van der Waals surface area contributed by atoms with Crippen LogP contribution in [0.1, 0.15) is 28.4 Å². The Balaban J connectivity index is 1.59. The van der Waals surface area contributed by atoms with Gasteiger partial charge in [-0.3, -0.25) is 14.3 Å². The Morgan fingerprint density at radius 2 is 1.90 bits per heavy atom. The average Bonchev–Trinajstić information content (AvgIpc) is 3.13. The van der Waals surface area contributed by atoms with E-state index in [0.29, 0.717) is 18.0 Å². The summed E-state index contributed by atoms with van der Waals surface area (Å²) in [4.78, 5) is 30.9. The van der Waals surface area contributed by atoms with Gasteiger partial charge in [-0.15, -0.1) is 0 Å². The van der Waals surface area contributed by atoms with Crippen LogP contribution in [0.15, 0.2) is 58.1 Å². The summed E-state index contributed by atoms with van der Waals surface area (Å²) >= 11 is 6.18. The van der Waals surface area contributed by atoms with Crippen molar-refractivity contribution in [2.24, 2.45) is 0 Å². The molecule has 0 aliphatic carbocycles. The van der Waals surface area contributed by atoms with E-state index in [1.54, 1.807) is 0 Å². The summed E-state index contributed by atoms with van der Waals surface area (Å²) in [5, 5.41) is 15.9. The second-order valence-electron chi connectivity index (χ2n) is 7.73. The van der Waals surface area contributed by atoms with Crippen LogP contribution in [0.4, 0.5) is 0 Å². The van der Waals surface area contributed by atoms with E-state index in [2.05, 4.69) is 15.3 Å². The summed E-state index contributed by atoms with van der Waals surface area (Å²) in [5.41, 5.74) is 2.72. The first-order valence-corrected chi connectivity index (χ1v) is 10.5. The fraction of sp³-hybridized carbons (Fsp3) is 0.217. The molecule has 5 rings (SSSR count). The fourth-order valence-corrected chi connectivity index (χ4v) is 4.55. The lowest BCUT2D eigenvalue weighted by atomic mass is 9.95. The molecule has 1 atom stereocenters. The molecule has 0 fully saturated rings. The van der Waals surface area contributed by atoms with Crippen LogP contribution in [0.2, 0.25) is 5.02 Å². The van der Waals surface area contributed by atoms with Gasteiger partial charge in [0.05, 0.1) is 6.04 Å². The Labute approximate surface area is 182 Å². The molecule has 0 saturated carbocycles. The van der Waals surface area contributed by atoms with Gasteiger partial charge in [0.15, 0.2) is 0 Å². The first-order valence-electron chi connectivity index (χ1n) is 10.2. The van der Waals surface area contributed by atoms with Gasteiger partial charge < -0.3 is 15.4 Å². The number of halogens is 1. The zero-order valence-corrected chi connectivity index (χ0v) is 17.4. The molecule has 158 valence electrons. The van der Waals surface area contributed by atoms with Crippen LogP contribution in [0.25, 0.3) is 10.9 Å². The Morgan fingerprint density at radius 3 is 2.71 bits per heavy atom. The summed E-state index contributed by atoms with van der Waals surface area (Å²) < 4.78 is 1.22. The summed E-state index contributed by atoms with van der Waals surface area (Å²) in [6.07, 6.45) is 1.31. The van der Waals surface area contributed by atoms with Gasteiger partial charge in [0.1, 0.15) is 5.56 Å². The van der Waals surface area contributed by atoms with Crippen molar-refractivity contribution in [1.82, 2.24) is 19.9 Å². The number of nitrogens with one attached hydrogen (secondary N) is 3. The number of benzene rings is 2. The Bertz CT molecular complexity index is 1390. The Hall–Kier alpha value is -3.29. The topological polar surface area (TPSA) is 103 Å². The lowest BCUT2D eigenvalue weighted by molar-refractivity contribution is 0.382. The molecule has 0 radical (unpaired) electrons. The minimum atomic E-state index is -0.623. The van der Waals surface area contributed by atoms with Crippen LogP contribution in [0.3, 0.4) is 0 Å². The average molecular weight is 437 g/mol. The quantitative estimate of drug-likeness (QED) is 0.395. The van der Waals surface area contributed by atoms with E-state index in [9.17, 15) is 14.7 Å². The molecule has 0 spiro atoms. The third-order valence-corrected chi connectivity index (χ3v) is 6.11. The second kappa shape index (κ2) is 7.76. The number of aryl methyl sites for hydroxylation is 1. The Kier molecular flexibility index (Phi) is 4.92. The molecule has 4 N–H and O–H groups in total. The van der Waals surface area contributed by atoms with Crippen molar-refractivity contribution < 1.29 is 5.11 Å². The lowest BCUT2D eigenvalue weighted by Gasteiger charge is -2.25. The van der Waals surface area contributed by atoms with Crippen LogP contribution in [0, 0.1) is 0 Å². The predicted molar refractivity (Wildman–Crippen MR) is 120 cm³/mol. The van der Waals surface area contributed by atoms with Gasteiger partial charge in [-0.1, -0.05) is 41.9 Å². The van der Waals surface area contributed by atoms with E-state index in [1.165, 1.54) is 4.57 Å². The molecule has 7 nitrogen and oxygen atoms in total. The molecule has 1 aliphatic rings. The Morgan fingerprint density at radius 1 is 1.10 bits per heavy atom. The molecule has 0 saturated heterocycles. The maximum atomic E-state index is 12.8. The third-order valence-electron chi connectivity index (χ3n) is 5.88. The standard InChI is InChI=1S/C23H21ClN4O3/c24-14-6-7-17-16(12-14)15-8-10-25-20(19(15)26-17)18-21(29)27-23(31)28(22(18)30)11-9-13-4-2-1-3-5-13/h1-7,12,20,25-26,30H,8-11H2,(H,27,29,31)/t20-/m1/s1. The first-order chi connectivity index (χ1) is 15.0. The van der Waals surface area contributed by atoms with Crippen molar-refractivity contribution in [2.45, 2.75) is 25.4 Å². The van der Waals surface area contributed by atoms with E-state index in [1.807, 2.05) is 48.5 Å². The molecule has 1 aliphatic heterocycles. The number of aromatic hydroxyl groups is 1. The highest BCUT2D eigenvalue weighted by atomic mass is 35.5. The van der Waals surface area contributed by atoms with Crippen molar-refractivity contribution in [3.05, 3.63) is 96.8 Å². The predicted octanol–water partition coefficient (Wildman–Crippen LogP) is 2.85. The number of rotatable bonds is 4. The van der Waals surface area contributed by atoms with Gasteiger partial charge in [0.2, 0.25) is 5.88 Å². The van der Waals surface area contributed by atoms with Crippen LogP contribution in [-0.4, -0.2) is 26.2 Å². The first kappa shape index (κ1) is 19.7. The van der Waals surface area contributed by atoms with Crippen molar-refractivity contribution >= 4 is 22.5 Å². The van der Waals surface area contributed by atoms with E-state index < -0.39 is 17.3 Å². The monoisotopic (exact) mass is 436 g/mol. The normalized spacial score (nSPS) is 15.8. The van der Waals surface area contributed by atoms with E-state index >= 15 is 0 Å². The van der Waals surface area contributed by atoms with Gasteiger partial charge >= 0.3 is 5.69 Å². The molecule has 0 unspecified atom stereocenters. The molecule has 0 bridgehead atoms. The van der Waals surface area contributed by atoms with E-state index in [-0.39, 0.29) is 18.0 Å². The molecule has 0 amide bonds. The van der Waals surface area contributed by atoms with Gasteiger partial charge in [-0.25, -0.2) is 4.79 Å². The molecule has 2 aromatic heterocycles. The number of aromatic amines is 2. The summed E-state index contributed by atoms with van der Waals surface area (Å²) in [5.74, 6) is -0.313. The maximum absolute atomic E-state index is 12.8. The number of nitrogens with zero attached hydrogens (tertiary/aromatic N) is 1. The number of hydrogen-bond donors (Lipinski definition) is 4. The van der Waals surface area contributed by atoms with Crippen molar-refractivity contribution in [3.8, 4) is 5.88 Å². The number of hydrogen-bond acceptors (Lipinski definition) is 4. The van der Waals surface area contributed by atoms with Crippen molar-refractivity contribution in [2.75, 3.05) is 6.54 Å². The third kappa shape index (κ3) is 3.45. The maximum Gasteiger partial charge on any atom is 0.331 e. The van der Waals surface area contributed by atoms with Crippen molar-refractivity contribution in [3.63, 3.8) is 0 Å². The van der Waals surface area contributed by atoms with Crippen LogP contribution < -0.4 is 16.6 Å². The van der Waals surface area contributed by atoms with Gasteiger partial charge in [-0.05, 0) is 42.2 Å². The number of fused-ring (bicyclic) bond motifs is 3. The van der Waals surface area contributed by atoms with Gasteiger partial charge in [0, 0.05) is 34.7 Å². The van der Waals surface area contributed by atoms with Gasteiger partial charge in [-0.2, -0.15) is 0 Å². The minimum absolute atomic E-state index is 0.131. The minimum Gasteiger partial charge on any atom is -0.494 e. The highest BCUT2D eigenvalue weighted by molar-refractivity contribution is 6.31. The lowest BCUT2D eigenvalue weighted by Crippen LogP contribution is -2.39. The molecular formula is C23H21ClN4O3. The van der Waals surface area contributed by atoms with Crippen LogP contribution >= 0.6 is 11.6 Å². The molecule has 3 heterocycles. The highest BCUT2D eigenvalue weighted by Gasteiger charge is 2.31. The highest BCUT2D eigenvalue weighted by Crippen LogP contribution is 2.35. The fourth-order valence-electron chi connectivity index (χ4n) is 4.37. The summed E-state index contributed by atoms with van der Waals surface area (Å²) in [6, 6.07) is 14.7. The molecule has 2 aromatic carbocycles. The van der Waals surface area contributed by atoms with E-state index in [4.69, 9.17) is 11.6 Å². The smallest absolute Gasteiger partial charge is 0.331 e. The molecule has 31 heavy (non-hydrogen) atoms. The largest absolute Gasteiger partial charge is 0.494 e. The number of H-pyrrole nitrogens is 2. The van der Waals surface area contributed by atoms with Crippen LogP contribution in [0.5, 0.6) is 5.88 Å². The zero-order chi connectivity index (χ0) is 21.5. The molecule has 4 aromatic rings. The van der Waals surface area contributed by atoms with Crippen LogP contribution in [-0.2, 0) is 19.4 Å². The second-order valence-corrected chi connectivity index (χ2v) is 8.16. The summed E-state index contributed by atoms with van der Waals surface area (Å²) in [6.45, 7) is 0.875. The molecule has 8 heteroatoms. The molecular weight excluding hydrogens is 416 g/mol. The van der Waals surface area contributed by atoms with E-state index in [0.717, 1.165) is 34.1 Å². The zero-order valence-electron chi connectivity index (χ0n) is 16.6. The summed E-state index contributed by atoms with van der Waals surface area (Å²) in [7, 11) is 0. The SMILES string of the molecule is O=c1[nH]c(=O)n(CCc2ccccc2)c(O)c1[C@H]1NCCc2c1[nH]c1ccc(Cl)cc21. The van der Waals surface area contributed by atoms with Crippen molar-refractivity contribution in [1.29, 1.82) is 0 Å². The number of aromatic nitrogens is 3.